The minimum atomic E-state index is -0.917. The van der Waals surface area contributed by atoms with E-state index in [9.17, 15) is 9.59 Å². The average Bonchev–Trinajstić information content (AvgIpc) is 2.56. The molecule has 0 fully saturated rings. The van der Waals surface area contributed by atoms with Gasteiger partial charge >= 0.3 is 5.97 Å². The second kappa shape index (κ2) is 19.5. The zero-order valence-electron chi connectivity index (χ0n) is 15.9. The third kappa shape index (κ3) is 19.4. The number of carbonyl (C=O) groups is 2. The maximum atomic E-state index is 11.6. The smallest absolute Gasteiger partial charge is 0.303 e. The Balaban J connectivity index is 0. The van der Waals surface area contributed by atoms with E-state index < -0.39 is 12.0 Å². The Morgan fingerprint density at radius 3 is 1.76 bits per heavy atom. The van der Waals surface area contributed by atoms with E-state index in [1.807, 2.05) is 0 Å². The van der Waals surface area contributed by atoms with Crippen molar-refractivity contribution in [3.8, 4) is 0 Å². The van der Waals surface area contributed by atoms with Gasteiger partial charge in [-0.25, -0.2) is 0 Å². The first-order valence-corrected chi connectivity index (χ1v) is 9.83. The molecule has 0 aliphatic rings. The number of aliphatic carboxylic acids is 1. The lowest BCUT2D eigenvalue weighted by molar-refractivity contribution is -0.137. The Kier molecular flexibility index (Phi) is 20.6. The lowest BCUT2D eigenvalue weighted by atomic mass is 10.1. The number of carboxylic acids is 1. The van der Waals surface area contributed by atoms with Crippen LogP contribution in [0, 0.1) is 0 Å². The fraction of sp³-hybridized carbons (Fsp3) is 0.895. The molecule has 0 aliphatic heterocycles. The molecule has 25 heavy (non-hydrogen) atoms. The van der Waals surface area contributed by atoms with E-state index in [1.165, 1.54) is 64.2 Å². The van der Waals surface area contributed by atoms with Crippen LogP contribution in [0.15, 0.2) is 0 Å². The van der Waals surface area contributed by atoms with Crippen LogP contribution >= 0.6 is 12.4 Å². The molecule has 0 saturated heterocycles. The van der Waals surface area contributed by atoms with Gasteiger partial charge in [-0.05, 0) is 12.8 Å². The summed E-state index contributed by atoms with van der Waals surface area (Å²) in [5.41, 5.74) is 5.64. The van der Waals surface area contributed by atoms with Crippen LogP contribution in [0.4, 0.5) is 0 Å². The molecule has 0 spiro atoms. The van der Waals surface area contributed by atoms with Crippen molar-refractivity contribution >= 4 is 24.3 Å². The van der Waals surface area contributed by atoms with Crippen molar-refractivity contribution in [2.24, 2.45) is 5.73 Å². The van der Waals surface area contributed by atoms with E-state index in [1.54, 1.807) is 0 Å². The topological polar surface area (TPSA) is 92.4 Å². The number of unbranched alkanes of at least 4 members (excludes halogenated alkanes) is 11. The Labute approximate surface area is 159 Å². The first-order valence-electron chi connectivity index (χ1n) is 9.83. The van der Waals surface area contributed by atoms with Crippen LogP contribution < -0.4 is 11.1 Å². The molecule has 6 heteroatoms. The van der Waals surface area contributed by atoms with E-state index in [4.69, 9.17) is 10.8 Å². The lowest BCUT2D eigenvalue weighted by Gasteiger charge is -2.11. The van der Waals surface area contributed by atoms with E-state index in [0.29, 0.717) is 6.54 Å². The highest BCUT2D eigenvalue weighted by Gasteiger charge is 2.13. The number of hydrogen-bond donors (Lipinski definition) is 3. The predicted octanol–water partition coefficient (Wildman–Crippen LogP) is 4.42. The molecule has 4 N–H and O–H groups in total. The van der Waals surface area contributed by atoms with Gasteiger partial charge in [-0.1, -0.05) is 77.6 Å². The van der Waals surface area contributed by atoms with Gasteiger partial charge in [-0.15, -0.1) is 12.4 Å². The van der Waals surface area contributed by atoms with Crippen LogP contribution in [-0.4, -0.2) is 29.6 Å². The second-order valence-electron chi connectivity index (χ2n) is 6.72. The van der Waals surface area contributed by atoms with Gasteiger partial charge in [-0.2, -0.15) is 0 Å². The first-order chi connectivity index (χ1) is 11.6. The fourth-order valence-corrected chi connectivity index (χ4v) is 2.72. The van der Waals surface area contributed by atoms with Crippen molar-refractivity contribution in [3.05, 3.63) is 0 Å². The van der Waals surface area contributed by atoms with Gasteiger partial charge in [0.05, 0.1) is 6.04 Å². The van der Waals surface area contributed by atoms with Crippen LogP contribution in [0.25, 0.3) is 0 Å². The van der Waals surface area contributed by atoms with Gasteiger partial charge in [0, 0.05) is 13.0 Å². The molecular formula is C19H39ClN2O3. The maximum Gasteiger partial charge on any atom is 0.303 e. The molecular weight excluding hydrogens is 340 g/mol. The molecule has 1 unspecified atom stereocenters. The summed E-state index contributed by atoms with van der Waals surface area (Å²) in [7, 11) is 0. The van der Waals surface area contributed by atoms with Crippen molar-refractivity contribution in [1.29, 1.82) is 0 Å². The first kappa shape index (κ1) is 26.4. The molecule has 0 aromatic rings. The summed E-state index contributed by atoms with van der Waals surface area (Å²) >= 11 is 0. The van der Waals surface area contributed by atoms with E-state index in [0.717, 1.165) is 12.8 Å². The summed E-state index contributed by atoms with van der Waals surface area (Å²) in [5, 5.41) is 11.3. The zero-order valence-corrected chi connectivity index (χ0v) is 16.7. The zero-order chi connectivity index (χ0) is 18.0. The Hall–Kier alpha value is -0.810. The molecule has 0 radical (unpaired) electrons. The molecule has 150 valence electrons. The van der Waals surface area contributed by atoms with Crippen molar-refractivity contribution in [2.75, 3.05) is 6.54 Å². The highest BCUT2D eigenvalue weighted by molar-refractivity contribution is 5.85. The number of carboxylic acid groups (broad SMARTS) is 1. The van der Waals surface area contributed by atoms with Crippen molar-refractivity contribution in [3.63, 3.8) is 0 Å². The minimum Gasteiger partial charge on any atom is -0.481 e. The molecule has 0 rings (SSSR count). The molecule has 5 nitrogen and oxygen atoms in total. The highest BCUT2D eigenvalue weighted by atomic mass is 35.5. The average molecular weight is 379 g/mol. The summed E-state index contributed by atoms with van der Waals surface area (Å²) in [6.45, 7) is 2.89. The number of halogens is 1. The number of amides is 1. The van der Waals surface area contributed by atoms with Gasteiger partial charge in [0.15, 0.2) is 0 Å². The Bertz CT molecular complexity index is 328. The normalized spacial score (nSPS) is 11.6. The van der Waals surface area contributed by atoms with Crippen molar-refractivity contribution in [2.45, 2.75) is 103 Å². The minimum absolute atomic E-state index is 0. The van der Waals surface area contributed by atoms with Gasteiger partial charge in [0.2, 0.25) is 5.91 Å². The molecule has 0 aliphatic carbocycles. The van der Waals surface area contributed by atoms with E-state index >= 15 is 0 Å². The standard InChI is InChI=1S/C19H38N2O3.ClH/c1-2-3-4-5-6-7-8-9-10-11-12-13-16-21-19(24)17(20)14-15-18(22)23;/h17H,2-16,20H2,1H3,(H,21,24)(H,22,23);1H. The summed E-state index contributed by atoms with van der Waals surface area (Å²) < 4.78 is 0. The van der Waals surface area contributed by atoms with Crippen molar-refractivity contribution < 1.29 is 14.7 Å². The van der Waals surface area contributed by atoms with Crippen molar-refractivity contribution in [1.82, 2.24) is 5.32 Å². The molecule has 1 atom stereocenters. The summed E-state index contributed by atoms with van der Waals surface area (Å²) in [6.07, 6.45) is 15.6. The molecule has 1 amide bonds. The van der Waals surface area contributed by atoms with Crippen LogP contribution in [0.2, 0.25) is 0 Å². The van der Waals surface area contributed by atoms with Crippen LogP contribution in [0.3, 0.4) is 0 Å². The fourth-order valence-electron chi connectivity index (χ4n) is 2.72. The molecule has 0 bridgehead atoms. The lowest BCUT2D eigenvalue weighted by Crippen LogP contribution is -2.41. The van der Waals surface area contributed by atoms with Crippen LogP contribution in [-0.2, 0) is 9.59 Å². The monoisotopic (exact) mass is 378 g/mol. The summed E-state index contributed by atoms with van der Waals surface area (Å²) in [5.74, 6) is -1.15. The quantitative estimate of drug-likeness (QED) is 0.327. The van der Waals surface area contributed by atoms with E-state index in [2.05, 4.69) is 12.2 Å². The Morgan fingerprint density at radius 2 is 1.32 bits per heavy atom. The highest BCUT2D eigenvalue weighted by Crippen LogP contribution is 2.11. The molecule has 0 aromatic carbocycles. The number of hydrogen-bond acceptors (Lipinski definition) is 3. The molecule has 0 heterocycles. The predicted molar refractivity (Wildman–Crippen MR) is 106 cm³/mol. The van der Waals surface area contributed by atoms with Gasteiger partial charge < -0.3 is 16.2 Å². The largest absolute Gasteiger partial charge is 0.481 e. The molecule has 0 aromatic heterocycles. The SMILES string of the molecule is CCCCCCCCCCCCCCNC(=O)C(N)CCC(=O)O.Cl. The number of nitrogens with one attached hydrogen (secondary N) is 1. The van der Waals surface area contributed by atoms with Gasteiger partial charge in [0.25, 0.3) is 0 Å². The van der Waals surface area contributed by atoms with Crippen LogP contribution in [0.1, 0.15) is 96.8 Å². The third-order valence-corrected chi connectivity index (χ3v) is 4.34. The Morgan fingerprint density at radius 1 is 0.880 bits per heavy atom. The van der Waals surface area contributed by atoms with Gasteiger partial charge in [-0.3, -0.25) is 9.59 Å². The number of rotatable bonds is 17. The second-order valence-corrected chi connectivity index (χ2v) is 6.72. The molecule has 0 saturated carbocycles. The number of carbonyl (C=O) groups excluding carboxylic acids is 1. The van der Waals surface area contributed by atoms with Crippen LogP contribution in [0.5, 0.6) is 0 Å². The summed E-state index contributed by atoms with van der Waals surface area (Å²) in [6, 6.07) is -0.710. The number of nitrogens with two attached hydrogens (primary N) is 1. The van der Waals surface area contributed by atoms with Gasteiger partial charge in [0.1, 0.15) is 0 Å². The maximum absolute atomic E-state index is 11.6. The summed E-state index contributed by atoms with van der Waals surface area (Å²) in [4.78, 5) is 22.1. The third-order valence-electron chi connectivity index (χ3n) is 4.34. The van der Waals surface area contributed by atoms with E-state index in [-0.39, 0.29) is 31.2 Å².